The van der Waals surface area contributed by atoms with Crippen LogP contribution in [0.15, 0.2) is 0 Å². The molecule has 3 fully saturated rings. The van der Waals surface area contributed by atoms with Gasteiger partial charge in [0.25, 0.3) is 0 Å². The minimum atomic E-state index is 0.458. The quantitative estimate of drug-likeness (QED) is 0.740. The van der Waals surface area contributed by atoms with Crippen LogP contribution in [-0.4, -0.2) is 35.6 Å². The maximum Gasteiger partial charge on any atom is 0.0334 e. The molecular weight excluding hydrogens is 244 g/mol. The van der Waals surface area contributed by atoms with Crippen molar-refractivity contribution < 1.29 is 0 Å². The van der Waals surface area contributed by atoms with Crippen LogP contribution in [0.2, 0.25) is 0 Å². The molecule has 0 radical (unpaired) electrons. The van der Waals surface area contributed by atoms with E-state index in [2.05, 4.69) is 24.1 Å². The van der Waals surface area contributed by atoms with Gasteiger partial charge in [-0.3, -0.25) is 4.90 Å². The number of unbranched alkanes of at least 4 members (excludes halogenated alkanes) is 3. The summed E-state index contributed by atoms with van der Waals surface area (Å²) in [4.78, 5) is 2.90. The van der Waals surface area contributed by atoms with Crippen molar-refractivity contribution in [3.63, 3.8) is 0 Å². The van der Waals surface area contributed by atoms with Gasteiger partial charge in [-0.2, -0.15) is 0 Å². The van der Waals surface area contributed by atoms with Crippen LogP contribution in [0, 0.1) is 5.92 Å². The highest BCUT2D eigenvalue weighted by Crippen LogP contribution is 2.46. The first-order valence-corrected chi connectivity index (χ1v) is 9.19. The predicted molar refractivity (Wildman–Crippen MR) is 86.0 cm³/mol. The summed E-state index contributed by atoms with van der Waals surface area (Å²) in [5, 5.41) is 4.00. The molecule has 1 N–H and O–H groups in total. The van der Waals surface area contributed by atoms with Gasteiger partial charge in [0, 0.05) is 24.2 Å². The topological polar surface area (TPSA) is 15.3 Å². The van der Waals surface area contributed by atoms with E-state index in [1.54, 1.807) is 0 Å². The highest BCUT2D eigenvalue weighted by Gasteiger charge is 2.51. The zero-order valence-corrected chi connectivity index (χ0v) is 13.7. The number of nitrogens with one attached hydrogen (secondary N) is 1. The van der Waals surface area contributed by atoms with Gasteiger partial charge in [-0.1, -0.05) is 39.0 Å². The number of hydrogen-bond donors (Lipinski definition) is 1. The Bertz CT molecular complexity index is 317. The van der Waals surface area contributed by atoms with Crippen molar-refractivity contribution in [1.29, 1.82) is 0 Å². The summed E-state index contributed by atoms with van der Waals surface area (Å²) in [7, 11) is 0. The molecule has 1 aliphatic heterocycles. The molecule has 2 heteroatoms. The molecule has 0 aromatic heterocycles. The van der Waals surface area contributed by atoms with Gasteiger partial charge in [-0.15, -0.1) is 0 Å². The van der Waals surface area contributed by atoms with Crippen molar-refractivity contribution in [2.45, 2.75) is 89.1 Å². The number of rotatable bonds is 6. The Morgan fingerprint density at radius 3 is 2.50 bits per heavy atom. The molecule has 1 spiro atoms. The Morgan fingerprint density at radius 2 is 1.85 bits per heavy atom. The zero-order chi connectivity index (χ0) is 14.1. The Hall–Kier alpha value is -0.0800. The number of piperazine rings is 1. The zero-order valence-electron chi connectivity index (χ0n) is 13.7. The van der Waals surface area contributed by atoms with E-state index in [-0.39, 0.29) is 0 Å². The predicted octanol–water partition coefficient (Wildman–Crippen LogP) is 3.95. The van der Waals surface area contributed by atoms with Gasteiger partial charge in [0.2, 0.25) is 0 Å². The lowest BCUT2D eigenvalue weighted by Gasteiger charge is -2.53. The lowest BCUT2D eigenvalue weighted by atomic mass is 9.83. The van der Waals surface area contributed by atoms with Crippen LogP contribution in [-0.2, 0) is 0 Å². The Kier molecular flexibility index (Phi) is 4.42. The lowest BCUT2D eigenvalue weighted by molar-refractivity contribution is 0.00153. The van der Waals surface area contributed by atoms with E-state index in [0.29, 0.717) is 11.1 Å². The summed E-state index contributed by atoms with van der Waals surface area (Å²) in [6.45, 7) is 8.76. The third kappa shape index (κ3) is 2.92. The molecule has 3 rings (SSSR count). The summed E-state index contributed by atoms with van der Waals surface area (Å²) in [5.74, 6) is 0.972. The van der Waals surface area contributed by atoms with Crippen LogP contribution < -0.4 is 5.32 Å². The number of nitrogens with zero attached hydrogens (tertiary/aromatic N) is 1. The molecule has 20 heavy (non-hydrogen) atoms. The summed E-state index contributed by atoms with van der Waals surface area (Å²) < 4.78 is 0. The Labute approximate surface area is 125 Å². The molecule has 1 saturated heterocycles. The first-order valence-electron chi connectivity index (χ1n) is 9.19. The monoisotopic (exact) mass is 278 g/mol. The molecule has 1 heterocycles. The molecule has 2 aliphatic carbocycles. The van der Waals surface area contributed by atoms with Gasteiger partial charge in [0.05, 0.1) is 0 Å². The van der Waals surface area contributed by atoms with Gasteiger partial charge in [0.15, 0.2) is 0 Å². The maximum atomic E-state index is 4.00. The van der Waals surface area contributed by atoms with Crippen molar-refractivity contribution in [3.8, 4) is 0 Å². The summed E-state index contributed by atoms with van der Waals surface area (Å²) in [6, 6.07) is 0. The van der Waals surface area contributed by atoms with Gasteiger partial charge in [-0.25, -0.2) is 0 Å². The van der Waals surface area contributed by atoms with E-state index in [1.165, 1.54) is 83.8 Å². The fraction of sp³-hybridized carbons (Fsp3) is 1.00. The Balaban J connectivity index is 1.62. The van der Waals surface area contributed by atoms with Crippen LogP contribution in [0.1, 0.15) is 78.1 Å². The molecule has 2 saturated carbocycles. The van der Waals surface area contributed by atoms with Crippen LogP contribution >= 0.6 is 0 Å². The van der Waals surface area contributed by atoms with Gasteiger partial charge >= 0.3 is 0 Å². The molecule has 0 aromatic carbocycles. The van der Waals surface area contributed by atoms with Gasteiger partial charge in [-0.05, 0) is 51.5 Å². The van der Waals surface area contributed by atoms with E-state index >= 15 is 0 Å². The molecule has 116 valence electrons. The van der Waals surface area contributed by atoms with Gasteiger partial charge < -0.3 is 5.32 Å². The van der Waals surface area contributed by atoms with Crippen molar-refractivity contribution in [2.75, 3.05) is 19.6 Å². The molecule has 1 atom stereocenters. The molecule has 3 aliphatic rings. The molecule has 0 aromatic rings. The minimum absolute atomic E-state index is 0.458. The molecule has 2 nitrogen and oxygen atoms in total. The third-order valence-corrected chi connectivity index (χ3v) is 6.34. The third-order valence-electron chi connectivity index (χ3n) is 6.34. The molecule has 0 bridgehead atoms. The SMILES string of the molecule is CCCCCCN1CC2(CCCC2)NCC1(C)C1CC1. The van der Waals surface area contributed by atoms with Crippen LogP contribution in [0.5, 0.6) is 0 Å². The van der Waals surface area contributed by atoms with Crippen LogP contribution in [0.3, 0.4) is 0 Å². The van der Waals surface area contributed by atoms with Crippen molar-refractivity contribution in [2.24, 2.45) is 5.92 Å². The second-order valence-electron chi connectivity index (χ2n) is 7.95. The van der Waals surface area contributed by atoms with Crippen molar-refractivity contribution in [3.05, 3.63) is 0 Å². The largest absolute Gasteiger partial charge is 0.308 e. The van der Waals surface area contributed by atoms with E-state index in [9.17, 15) is 0 Å². The summed E-state index contributed by atoms with van der Waals surface area (Å²) in [5.41, 5.74) is 0.944. The normalized spacial score (nSPS) is 33.9. The molecular formula is C18H34N2. The van der Waals surface area contributed by atoms with Crippen molar-refractivity contribution in [1.82, 2.24) is 10.2 Å². The Morgan fingerprint density at radius 1 is 1.10 bits per heavy atom. The highest BCUT2D eigenvalue weighted by atomic mass is 15.3. The average Bonchev–Trinajstić information content (AvgIpc) is 3.22. The lowest BCUT2D eigenvalue weighted by Crippen LogP contribution is -2.69. The second kappa shape index (κ2) is 5.96. The van der Waals surface area contributed by atoms with E-state index in [0.717, 1.165) is 5.92 Å². The first kappa shape index (κ1) is 14.8. The van der Waals surface area contributed by atoms with E-state index in [4.69, 9.17) is 0 Å². The second-order valence-corrected chi connectivity index (χ2v) is 7.95. The van der Waals surface area contributed by atoms with Gasteiger partial charge in [0.1, 0.15) is 0 Å². The smallest absolute Gasteiger partial charge is 0.0334 e. The average molecular weight is 278 g/mol. The molecule has 1 unspecified atom stereocenters. The minimum Gasteiger partial charge on any atom is -0.308 e. The fourth-order valence-corrected chi connectivity index (χ4v) is 4.64. The van der Waals surface area contributed by atoms with Crippen molar-refractivity contribution >= 4 is 0 Å². The molecule has 0 amide bonds. The first-order chi connectivity index (χ1) is 9.69. The van der Waals surface area contributed by atoms with Crippen LogP contribution in [0.4, 0.5) is 0 Å². The van der Waals surface area contributed by atoms with E-state index < -0.39 is 0 Å². The standard InChI is InChI=1S/C18H34N2/c1-3-4-5-8-13-20-15-18(11-6-7-12-18)19-14-17(20,2)16-9-10-16/h16,19H,3-15H2,1-2H3. The van der Waals surface area contributed by atoms with E-state index in [1.807, 2.05) is 0 Å². The number of hydrogen-bond acceptors (Lipinski definition) is 2. The fourth-order valence-electron chi connectivity index (χ4n) is 4.64. The maximum absolute atomic E-state index is 4.00. The summed E-state index contributed by atoms with van der Waals surface area (Å²) in [6.07, 6.45) is 14.3. The highest BCUT2D eigenvalue weighted by molar-refractivity contribution is 5.10. The summed E-state index contributed by atoms with van der Waals surface area (Å²) >= 11 is 0. The van der Waals surface area contributed by atoms with Crippen LogP contribution in [0.25, 0.3) is 0 Å².